The maximum Gasteiger partial charge on any atom is 0.0922 e. The van der Waals surface area contributed by atoms with E-state index in [1.807, 2.05) is 6.07 Å². The van der Waals surface area contributed by atoms with Gasteiger partial charge in [0.1, 0.15) is 0 Å². The fourth-order valence-corrected chi connectivity index (χ4v) is 3.64. The molecule has 0 radical (unpaired) electrons. The van der Waals surface area contributed by atoms with Gasteiger partial charge in [0.15, 0.2) is 0 Å². The van der Waals surface area contributed by atoms with Crippen LogP contribution >= 0.6 is 11.6 Å². The summed E-state index contributed by atoms with van der Waals surface area (Å²) in [6, 6.07) is 8.40. The summed E-state index contributed by atoms with van der Waals surface area (Å²) in [4.78, 5) is 0. The SMILES string of the molecule is CC/C=C(\CC1CCCC(c2cccc(Cl)c2)C1)OCC. The number of benzene rings is 1. The van der Waals surface area contributed by atoms with Crippen molar-refractivity contribution in [2.24, 2.45) is 5.92 Å². The van der Waals surface area contributed by atoms with Gasteiger partial charge in [0.2, 0.25) is 0 Å². The van der Waals surface area contributed by atoms with E-state index in [1.165, 1.54) is 37.0 Å². The predicted molar refractivity (Wildman–Crippen MR) is 90.8 cm³/mol. The zero-order valence-electron chi connectivity index (χ0n) is 13.3. The molecule has 1 saturated carbocycles. The van der Waals surface area contributed by atoms with Crippen LogP contribution in [0.25, 0.3) is 0 Å². The highest BCUT2D eigenvalue weighted by atomic mass is 35.5. The Morgan fingerprint density at radius 2 is 2.19 bits per heavy atom. The van der Waals surface area contributed by atoms with E-state index in [1.54, 1.807) is 0 Å². The van der Waals surface area contributed by atoms with Gasteiger partial charge in [-0.25, -0.2) is 0 Å². The Bertz CT molecular complexity index is 466. The minimum Gasteiger partial charge on any atom is -0.499 e. The second-order valence-corrected chi connectivity index (χ2v) is 6.44. The van der Waals surface area contributed by atoms with Gasteiger partial charge in [0.05, 0.1) is 12.4 Å². The second-order valence-electron chi connectivity index (χ2n) is 6.00. The molecule has 1 aliphatic rings. The minimum atomic E-state index is 0.659. The van der Waals surface area contributed by atoms with Crippen LogP contribution in [0.2, 0.25) is 5.02 Å². The lowest BCUT2D eigenvalue weighted by molar-refractivity contribution is 0.191. The van der Waals surface area contributed by atoms with E-state index < -0.39 is 0 Å². The molecule has 1 aromatic carbocycles. The van der Waals surface area contributed by atoms with E-state index in [-0.39, 0.29) is 0 Å². The van der Waals surface area contributed by atoms with Gasteiger partial charge < -0.3 is 4.74 Å². The van der Waals surface area contributed by atoms with Crippen LogP contribution in [0.5, 0.6) is 0 Å². The van der Waals surface area contributed by atoms with Crippen molar-refractivity contribution in [3.8, 4) is 0 Å². The van der Waals surface area contributed by atoms with E-state index in [0.29, 0.717) is 5.92 Å². The van der Waals surface area contributed by atoms with Crippen molar-refractivity contribution in [2.75, 3.05) is 6.61 Å². The Morgan fingerprint density at radius 1 is 1.33 bits per heavy atom. The molecule has 0 amide bonds. The molecule has 21 heavy (non-hydrogen) atoms. The number of ether oxygens (including phenoxy) is 1. The number of hydrogen-bond acceptors (Lipinski definition) is 1. The summed E-state index contributed by atoms with van der Waals surface area (Å²) >= 11 is 6.14. The molecule has 2 rings (SSSR count). The van der Waals surface area contributed by atoms with E-state index >= 15 is 0 Å². The number of allylic oxidation sites excluding steroid dienone is 2. The van der Waals surface area contributed by atoms with E-state index in [4.69, 9.17) is 16.3 Å². The zero-order chi connectivity index (χ0) is 15.1. The van der Waals surface area contributed by atoms with Crippen LogP contribution < -0.4 is 0 Å². The molecule has 0 bridgehead atoms. The normalized spacial score (nSPS) is 23.1. The summed E-state index contributed by atoms with van der Waals surface area (Å²) in [7, 11) is 0. The molecular weight excluding hydrogens is 280 g/mol. The molecule has 0 aliphatic heterocycles. The van der Waals surface area contributed by atoms with Crippen molar-refractivity contribution < 1.29 is 4.74 Å². The molecule has 116 valence electrons. The van der Waals surface area contributed by atoms with Gasteiger partial charge in [-0.05, 0) is 68.2 Å². The summed E-state index contributed by atoms with van der Waals surface area (Å²) in [5.74, 6) is 2.59. The Labute approximate surface area is 134 Å². The standard InChI is InChI=1S/C19H27ClO/c1-3-7-19(21-4-2)13-15-8-5-9-16(12-15)17-10-6-11-18(20)14-17/h6-7,10-11,14-16H,3-5,8-9,12-13H2,1-2H3/b19-7+. The largest absolute Gasteiger partial charge is 0.499 e. The summed E-state index contributed by atoms with van der Waals surface area (Å²) in [5, 5.41) is 0.857. The summed E-state index contributed by atoms with van der Waals surface area (Å²) in [6.45, 7) is 5.02. The Balaban J connectivity index is 1.98. The molecule has 1 fully saturated rings. The van der Waals surface area contributed by atoms with Gasteiger partial charge in [-0.1, -0.05) is 37.1 Å². The lowest BCUT2D eigenvalue weighted by atomic mass is 9.76. The van der Waals surface area contributed by atoms with Crippen molar-refractivity contribution in [1.29, 1.82) is 0 Å². The highest BCUT2D eigenvalue weighted by molar-refractivity contribution is 6.30. The average Bonchev–Trinajstić information content (AvgIpc) is 2.48. The van der Waals surface area contributed by atoms with Crippen LogP contribution in [0.4, 0.5) is 0 Å². The fraction of sp³-hybridized carbons (Fsp3) is 0.579. The molecule has 0 aromatic heterocycles. The van der Waals surface area contributed by atoms with Gasteiger partial charge in [-0.2, -0.15) is 0 Å². The topological polar surface area (TPSA) is 9.23 Å². The first-order valence-electron chi connectivity index (χ1n) is 8.30. The highest BCUT2D eigenvalue weighted by Crippen LogP contribution is 2.39. The van der Waals surface area contributed by atoms with Crippen molar-refractivity contribution >= 4 is 11.6 Å². The average molecular weight is 307 g/mol. The molecule has 2 unspecified atom stereocenters. The molecule has 0 heterocycles. The van der Waals surface area contributed by atoms with Crippen LogP contribution in [0.1, 0.15) is 63.9 Å². The third-order valence-electron chi connectivity index (χ3n) is 4.35. The van der Waals surface area contributed by atoms with Gasteiger partial charge in [-0.3, -0.25) is 0 Å². The quantitative estimate of drug-likeness (QED) is 0.558. The third kappa shape index (κ3) is 5.07. The predicted octanol–water partition coefficient (Wildman–Crippen LogP) is 6.33. The first kappa shape index (κ1) is 16.4. The first-order chi connectivity index (χ1) is 10.2. The van der Waals surface area contributed by atoms with Gasteiger partial charge in [0, 0.05) is 11.4 Å². The Morgan fingerprint density at radius 3 is 2.90 bits per heavy atom. The van der Waals surface area contributed by atoms with Crippen molar-refractivity contribution in [2.45, 2.75) is 58.3 Å². The van der Waals surface area contributed by atoms with Crippen LogP contribution in [0, 0.1) is 5.92 Å². The van der Waals surface area contributed by atoms with Crippen LogP contribution in [0.3, 0.4) is 0 Å². The summed E-state index contributed by atoms with van der Waals surface area (Å²) in [6.07, 6.45) is 9.58. The van der Waals surface area contributed by atoms with E-state index in [2.05, 4.69) is 38.1 Å². The molecule has 1 nitrogen and oxygen atoms in total. The molecule has 2 heteroatoms. The van der Waals surface area contributed by atoms with Crippen molar-refractivity contribution in [3.63, 3.8) is 0 Å². The zero-order valence-corrected chi connectivity index (χ0v) is 14.0. The maximum atomic E-state index is 6.14. The molecule has 1 aromatic rings. The van der Waals surface area contributed by atoms with Crippen LogP contribution in [0.15, 0.2) is 36.1 Å². The van der Waals surface area contributed by atoms with Crippen LogP contribution in [-0.4, -0.2) is 6.61 Å². The summed E-state index contributed by atoms with van der Waals surface area (Å²) in [5.41, 5.74) is 1.41. The lowest BCUT2D eigenvalue weighted by Crippen LogP contribution is -2.15. The number of rotatable bonds is 6. The van der Waals surface area contributed by atoms with Gasteiger partial charge >= 0.3 is 0 Å². The first-order valence-corrected chi connectivity index (χ1v) is 8.68. The monoisotopic (exact) mass is 306 g/mol. The van der Waals surface area contributed by atoms with Gasteiger partial charge in [-0.15, -0.1) is 0 Å². The molecule has 1 aliphatic carbocycles. The molecule has 0 N–H and O–H groups in total. The van der Waals surface area contributed by atoms with Crippen molar-refractivity contribution in [3.05, 3.63) is 46.7 Å². The second kappa shape index (κ2) is 8.48. The Kier molecular flexibility index (Phi) is 6.63. The van der Waals surface area contributed by atoms with Crippen LogP contribution in [-0.2, 0) is 4.74 Å². The fourth-order valence-electron chi connectivity index (χ4n) is 3.44. The summed E-state index contributed by atoms with van der Waals surface area (Å²) < 4.78 is 5.79. The molecular formula is C19H27ClO. The van der Waals surface area contributed by atoms with E-state index in [0.717, 1.165) is 30.4 Å². The highest BCUT2D eigenvalue weighted by Gasteiger charge is 2.24. The Hall–Kier alpha value is -0.950. The molecule has 0 saturated heterocycles. The smallest absolute Gasteiger partial charge is 0.0922 e. The molecule has 0 spiro atoms. The minimum absolute atomic E-state index is 0.659. The number of hydrogen-bond donors (Lipinski definition) is 0. The lowest BCUT2D eigenvalue weighted by Gasteiger charge is -2.30. The number of halogens is 1. The van der Waals surface area contributed by atoms with E-state index in [9.17, 15) is 0 Å². The third-order valence-corrected chi connectivity index (χ3v) is 4.59. The van der Waals surface area contributed by atoms with Gasteiger partial charge in [0.25, 0.3) is 0 Å². The maximum absolute atomic E-state index is 6.14. The molecule has 2 atom stereocenters. The van der Waals surface area contributed by atoms with Crippen molar-refractivity contribution in [1.82, 2.24) is 0 Å².